The van der Waals surface area contributed by atoms with E-state index in [0.717, 1.165) is 40.7 Å². The van der Waals surface area contributed by atoms with Crippen molar-refractivity contribution in [2.75, 3.05) is 11.1 Å². The topological polar surface area (TPSA) is 76.9 Å². The highest BCUT2D eigenvalue weighted by atomic mass is 32.2. The number of aryl methyl sites for hydroxylation is 2. The number of hydrogen-bond donors (Lipinski definition) is 1. The van der Waals surface area contributed by atoms with E-state index in [0.29, 0.717) is 10.8 Å². The van der Waals surface area contributed by atoms with Gasteiger partial charge in [-0.1, -0.05) is 30.0 Å². The first kappa shape index (κ1) is 19.0. The number of rotatable bonds is 5. The van der Waals surface area contributed by atoms with Gasteiger partial charge in [0.1, 0.15) is 4.83 Å². The highest BCUT2D eigenvalue weighted by molar-refractivity contribution is 7.99. The molecule has 1 aromatic carbocycles. The number of thiophene rings is 1. The van der Waals surface area contributed by atoms with Gasteiger partial charge in [-0.2, -0.15) is 0 Å². The number of carbonyl (C=O) groups excluding carboxylic acids is 1. The molecule has 1 N–H and O–H groups in total. The molecule has 1 aliphatic carbocycles. The van der Waals surface area contributed by atoms with Crippen LogP contribution in [0.2, 0.25) is 0 Å². The maximum absolute atomic E-state index is 13.5. The predicted molar refractivity (Wildman–Crippen MR) is 121 cm³/mol. The molecule has 0 saturated heterocycles. The molecule has 0 aliphatic heterocycles. The molecule has 0 fully saturated rings. The number of aromatic nitrogens is 3. The lowest BCUT2D eigenvalue weighted by molar-refractivity contribution is -0.113. The minimum atomic E-state index is -0.171. The minimum Gasteiger partial charge on any atom is -0.324 e. The highest BCUT2D eigenvalue weighted by Crippen LogP contribution is 2.36. The van der Waals surface area contributed by atoms with Crippen molar-refractivity contribution in [2.45, 2.75) is 24.4 Å². The zero-order valence-electron chi connectivity index (χ0n) is 16.0. The zero-order valence-corrected chi connectivity index (χ0v) is 17.6. The summed E-state index contributed by atoms with van der Waals surface area (Å²) in [6.45, 7) is 0. The van der Waals surface area contributed by atoms with Gasteiger partial charge in [0, 0.05) is 11.1 Å². The van der Waals surface area contributed by atoms with Crippen LogP contribution in [-0.4, -0.2) is 26.2 Å². The molecule has 0 saturated carbocycles. The van der Waals surface area contributed by atoms with Gasteiger partial charge in [-0.15, -0.1) is 11.3 Å². The van der Waals surface area contributed by atoms with Crippen LogP contribution in [0.25, 0.3) is 15.9 Å². The Labute approximate surface area is 181 Å². The number of anilines is 1. The van der Waals surface area contributed by atoms with Crippen molar-refractivity contribution in [1.82, 2.24) is 14.5 Å². The molecule has 0 radical (unpaired) electrons. The van der Waals surface area contributed by atoms with E-state index in [2.05, 4.69) is 10.3 Å². The van der Waals surface area contributed by atoms with Crippen LogP contribution in [0.3, 0.4) is 0 Å². The van der Waals surface area contributed by atoms with Crippen LogP contribution in [0, 0.1) is 0 Å². The fraction of sp³-hybridized carbons (Fsp3) is 0.182. The molecule has 0 bridgehead atoms. The summed E-state index contributed by atoms with van der Waals surface area (Å²) >= 11 is 2.87. The maximum atomic E-state index is 13.5. The van der Waals surface area contributed by atoms with Crippen molar-refractivity contribution in [1.29, 1.82) is 0 Å². The van der Waals surface area contributed by atoms with Crippen LogP contribution < -0.4 is 10.9 Å². The third-order valence-corrected chi connectivity index (χ3v) is 7.12. The van der Waals surface area contributed by atoms with Crippen LogP contribution in [0.4, 0.5) is 5.69 Å². The lowest BCUT2D eigenvalue weighted by Crippen LogP contribution is -2.23. The maximum Gasteiger partial charge on any atom is 0.267 e. The molecule has 0 spiro atoms. The number of hydrogen-bond acceptors (Lipinski definition) is 6. The van der Waals surface area contributed by atoms with Crippen LogP contribution in [0.5, 0.6) is 0 Å². The van der Waals surface area contributed by atoms with E-state index in [1.165, 1.54) is 16.6 Å². The Hall–Kier alpha value is -2.97. The number of amides is 1. The smallest absolute Gasteiger partial charge is 0.267 e. The number of pyridine rings is 1. The molecule has 3 heterocycles. The third-order valence-electron chi connectivity index (χ3n) is 5.00. The summed E-state index contributed by atoms with van der Waals surface area (Å²) in [6, 6.07) is 13.0. The first-order valence-corrected chi connectivity index (χ1v) is 11.5. The van der Waals surface area contributed by atoms with Gasteiger partial charge < -0.3 is 5.32 Å². The summed E-state index contributed by atoms with van der Waals surface area (Å²) < 4.78 is 1.63. The molecular weight excluding hydrogens is 416 g/mol. The number of benzene rings is 1. The molecule has 6 nitrogen and oxygen atoms in total. The first-order valence-electron chi connectivity index (χ1n) is 9.66. The molecule has 150 valence electrons. The quantitative estimate of drug-likeness (QED) is 0.379. The highest BCUT2D eigenvalue weighted by Gasteiger charge is 2.24. The molecule has 3 aromatic heterocycles. The lowest BCUT2D eigenvalue weighted by Gasteiger charge is -2.12. The average molecular weight is 435 g/mol. The van der Waals surface area contributed by atoms with Gasteiger partial charge in [-0.3, -0.25) is 19.1 Å². The van der Waals surface area contributed by atoms with Gasteiger partial charge in [-0.25, -0.2) is 4.98 Å². The Morgan fingerprint density at radius 2 is 2.03 bits per heavy atom. The number of carbonyl (C=O) groups is 1. The molecule has 1 aliphatic rings. The molecule has 8 heteroatoms. The van der Waals surface area contributed by atoms with Gasteiger partial charge in [0.15, 0.2) is 5.16 Å². The summed E-state index contributed by atoms with van der Waals surface area (Å²) in [4.78, 5) is 36.8. The summed E-state index contributed by atoms with van der Waals surface area (Å²) in [5.74, 6) is -0.0271. The van der Waals surface area contributed by atoms with Gasteiger partial charge in [-0.05, 0) is 49.1 Å². The van der Waals surface area contributed by atoms with Crippen molar-refractivity contribution in [2.24, 2.45) is 0 Å². The largest absolute Gasteiger partial charge is 0.324 e. The monoisotopic (exact) mass is 434 g/mol. The zero-order chi connectivity index (χ0) is 20.5. The summed E-state index contributed by atoms with van der Waals surface area (Å²) in [6.07, 6.45) is 6.28. The van der Waals surface area contributed by atoms with E-state index in [9.17, 15) is 9.59 Å². The average Bonchev–Trinajstić information content (AvgIpc) is 3.34. The first-order chi connectivity index (χ1) is 14.7. The van der Waals surface area contributed by atoms with Crippen LogP contribution >= 0.6 is 23.1 Å². The third kappa shape index (κ3) is 3.53. The van der Waals surface area contributed by atoms with E-state index >= 15 is 0 Å². The van der Waals surface area contributed by atoms with Crippen LogP contribution in [0.15, 0.2) is 64.8 Å². The second-order valence-electron chi connectivity index (χ2n) is 6.99. The van der Waals surface area contributed by atoms with Gasteiger partial charge in [0.05, 0.1) is 28.7 Å². The van der Waals surface area contributed by atoms with Crippen molar-refractivity contribution >= 4 is 44.9 Å². The van der Waals surface area contributed by atoms with Gasteiger partial charge in [0.2, 0.25) is 5.91 Å². The fourth-order valence-corrected chi connectivity index (χ4v) is 5.81. The molecule has 4 aromatic rings. The standard InChI is InChI=1S/C22H18N4O2S2/c27-18(24-14-6-5-11-23-12-14)13-29-22-25-20-19(16-9-4-10-17(16)30-20)21(28)26(22)15-7-2-1-3-8-15/h1-3,5-8,11-12H,4,9-10,13H2,(H,24,27). The van der Waals surface area contributed by atoms with Gasteiger partial charge >= 0.3 is 0 Å². The molecule has 0 unspecified atom stereocenters. The number of nitrogens with one attached hydrogen (secondary N) is 1. The number of para-hydroxylation sites is 1. The normalized spacial score (nSPS) is 12.8. The predicted octanol–water partition coefficient (Wildman–Crippen LogP) is 4.06. The Kier molecular flexibility index (Phi) is 5.10. The minimum absolute atomic E-state index is 0.0548. The summed E-state index contributed by atoms with van der Waals surface area (Å²) in [5, 5.41) is 4.08. The van der Waals surface area contributed by atoms with Crippen molar-refractivity contribution in [3.63, 3.8) is 0 Å². The molecule has 0 atom stereocenters. The Bertz CT molecular complexity index is 1280. The molecular formula is C22H18N4O2S2. The second-order valence-corrected chi connectivity index (χ2v) is 9.01. The second kappa shape index (κ2) is 8.04. The van der Waals surface area contributed by atoms with E-state index < -0.39 is 0 Å². The van der Waals surface area contributed by atoms with E-state index in [1.54, 1.807) is 40.4 Å². The number of nitrogens with zero attached hydrogens (tertiary/aromatic N) is 3. The van der Waals surface area contributed by atoms with E-state index in [1.807, 2.05) is 30.3 Å². The Balaban J connectivity index is 1.52. The van der Waals surface area contributed by atoms with E-state index in [4.69, 9.17) is 4.98 Å². The molecule has 5 rings (SSSR count). The number of fused-ring (bicyclic) bond motifs is 3. The molecule has 1 amide bonds. The SMILES string of the molecule is O=C(CSc1nc2sc3c(c2c(=O)n1-c1ccccc1)CCC3)Nc1cccnc1. The Morgan fingerprint density at radius 1 is 1.17 bits per heavy atom. The lowest BCUT2D eigenvalue weighted by atomic mass is 10.2. The summed E-state index contributed by atoms with van der Waals surface area (Å²) in [7, 11) is 0. The van der Waals surface area contributed by atoms with Crippen molar-refractivity contribution in [3.8, 4) is 5.69 Å². The van der Waals surface area contributed by atoms with Crippen LogP contribution in [0.1, 0.15) is 16.9 Å². The van der Waals surface area contributed by atoms with Crippen LogP contribution in [-0.2, 0) is 17.6 Å². The summed E-state index contributed by atoms with van der Waals surface area (Å²) in [5.41, 5.74) is 2.50. The number of thioether (sulfide) groups is 1. The Morgan fingerprint density at radius 3 is 2.83 bits per heavy atom. The van der Waals surface area contributed by atoms with Crippen molar-refractivity contribution in [3.05, 3.63) is 75.7 Å². The van der Waals surface area contributed by atoms with E-state index in [-0.39, 0.29) is 17.2 Å². The van der Waals surface area contributed by atoms with Gasteiger partial charge in [0.25, 0.3) is 5.56 Å². The van der Waals surface area contributed by atoms with Crippen molar-refractivity contribution < 1.29 is 4.79 Å². The fourth-order valence-electron chi connectivity index (χ4n) is 3.69. The molecule has 30 heavy (non-hydrogen) atoms.